The lowest BCUT2D eigenvalue weighted by Crippen LogP contribution is -2.40. The van der Waals surface area contributed by atoms with Crippen LogP contribution in [0.15, 0.2) is 42.5 Å². The maximum absolute atomic E-state index is 13.2. The quantitative estimate of drug-likeness (QED) is 0.618. The highest BCUT2D eigenvalue weighted by Gasteiger charge is 2.34. The lowest BCUT2D eigenvalue weighted by atomic mass is 10.0. The molecule has 160 valence electrons. The molecule has 2 aromatic carbocycles. The van der Waals surface area contributed by atoms with Gasteiger partial charge in [-0.05, 0) is 54.7 Å². The average molecular weight is 422 g/mol. The number of benzene rings is 2. The third-order valence-electron chi connectivity index (χ3n) is 4.30. The number of nitrogens with zero attached hydrogens (tertiary/aromatic N) is 1. The first-order valence-electron chi connectivity index (χ1n) is 9.40. The van der Waals surface area contributed by atoms with Crippen molar-refractivity contribution in [3.63, 3.8) is 0 Å². The number of ether oxygens (including phenoxy) is 1. The molecular formula is C22H22F4N2O2. The molecule has 30 heavy (non-hydrogen) atoms. The molecule has 0 radical (unpaired) electrons. The smallest absolute Gasteiger partial charge is 0.417 e. The van der Waals surface area contributed by atoms with Crippen molar-refractivity contribution in [1.82, 2.24) is 5.32 Å². The average Bonchev–Trinajstić information content (AvgIpc) is 2.68. The number of hydrogen-bond donors (Lipinski definition) is 1. The Hall–Kier alpha value is -3.08. The normalized spacial score (nSPS) is 12.3. The minimum Gasteiger partial charge on any atom is -0.481 e. The molecule has 1 unspecified atom stereocenters. The van der Waals surface area contributed by atoms with Crippen LogP contribution in [0.25, 0.3) is 0 Å². The first kappa shape index (κ1) is 23.2. The monoisotopic (exact) mass is 422 g/mol. The number of nitrogens with one attached hydrogen (secondary N) is 1. The fraction of sp³-hybridized carbons (Fsp3) is 0.364. The third kappa shape index (κ3) is 6.76. The topological polar surface area (TPSA) is 62.1 Å². The fourth-order valence-electron chi connectivity index (χ4n) is 2.82. The van der Waals surface area contributed by atoms with Crippen LogP contribution in [0.3, 0.4) is 0 Å². The Morgan fingerprint density at radius 3 is 2.40 bits per heavy atom. The van der Waals surface area contributed by atoms with Crippen LogP contribution in [0.5, 0.6) is 5.75 Å². The number of alkyl halides is 3. The summed E-state index contributed by atoms with van der Waals surface area (Å²) >= 11 is 0. The molecular weight excluding hydrogens is 400 g/mol. The van der Waals surface area contributed by atoms with E-state index >= 15 is 0 Å². The maximum atomic E-state index is 13.2. The van der Waals surface area contributed by atoms with Crippen LogP contribution in [0.4, 0.5) is 17.6 Å². The number of carbonyl (C=O) groups is 1. The molecule has 0 aliphatic carbocycles. The van der Waals surface area contributed by atoms with E-state index in [1.165, 1.54) is 24.3 Å². The standard InChI is InChI=1S/C22H22F4N2O2/c1-14(2)11-20(21(29)28-10-9-15-3-6-17(23)7-4-15)30-18-8-5-16(13-27)19(12-18)22(24,25)26/h3-8,12,14,20H,9-11H2,1-2H3,(H,28,29). The molecule has 1 amide bonds. The SMILES string of the molecule is CC(C)CC(Oc1ccc(C#N)c(C(F)(F)F)c1)C(=O)NCCc1ccc(F)cc1. The molecule has 4 nitrogen and oxygen atoms in total. The van der Waals surface area contributed by atoms with Gasteiger partial charge in [0.25, 0.3) is 5.91 Å². The van der Waals surface area contributed by atoms with Gasteiger partial charge in [-0.15, -0.1) is 0 Å². The van der Waals surface area contributed by atoms with Crippen molar-refractivity contribution in [1.29, 1.82) is 5.26 Å². The van der Waals surface area contributed by atoms with Crippen LogP contribution >= 0.6 is 0 Å². The third-order valence-corrected chi connectivity index (χ3v) is 4.30. The van der Waals surface area contributed by atoms with Crippen molar-refractivity contribution in [2.75, 3.05) is 6.54 Å². The molecule has 2 aromatic rings. The first-order chi connectivity index (χ1) is 14.1. The summed E-state index contributed by atoms with van der Waals surface area (Å²) in [4.78, 5) is 12.6. The highest BCUT2D eigenvalue weighted by molar-refractivity contribution is 5.81. The van der Waals surface area contributed by atoms with E-state index in [-0.39, 0.29) is 24.0 Å². The molecule has 2 rings (SSSR count). The molecule has 0 saturated carbocycles. The molecule has 0 bridgehead atoms. The molecule has 0 aromatic heterocycles. The predicted molar refractivity (Wildman–Crippen MR) is 103 cm³/mol. The Morgan fingerprint density at radius 1 is 1.17 bits per heavy atom. The first-order valence-corrected chi connectivity index (χ1v) is 9.40. The second kappa shape index (κ2) is 10.1. The summed E-state index contributed by atoms with van der Waals surface area (Å²) in [5, 5.41) is 11.6. The van der Waals surface area contributed by atoms with Gasteiger partial charge in [-0.1, -0.05) is 26.0 Å². The molecule has 0 spiro atoms. The number of nitriles is 1. The Kier molecular flexibility index (Phi) is 7.81. The summed E-state index contributed by atoms with van der Waals surface area (Å²) in [6.45, 7) is 3.99. The van der Waals surface area contributed by atoms with E-state index in [0.29, 0.717) is 12.8 Å². The summed E-state index contributed by atoms with van der Waals surface area (Å²) in [6.07, 6.45) is -4.94. The Morgan fingerprint density at radius 2 is 1.83 bits per heavy atom. The summed E-state index contributed by atoms with van der Waals surface area (Å²) in [6, 6.07) is 10.4. The van der Waals surface area contributed by atoms with Crippen molar-refractivity contribution < 1.29 is 27.1 Å². The summed E-state index contributed by atoms with van der Waals surface area (Å²) < 4.78 is 58.0. The molecule has 1 atom stereocenters. The van der Waals surface area contributed by atoms with Crippen LogP contribution in [0.1, 0.15) is 37.0 Å². The fourth-order valence-corrected chi connectivity index (χ4v) is 2.82. The van der Waals surface area contributed by atoms with E-state index in [4.69, 9.17) is 10.00 Å². The Labute approximate surface area is 172 Å². The summed E-state index contributed by atoms with van der Waals surface area (Å²) in [5.74, 6) is -0.892. The maximum Gasteiger partial charge on any atom is 0.417 e. The highest BCUT2D eigenvalue weighted by Crippen LogP contribution is 2.34. The Balaban J connectivity index is 2.08. The van der Waals surface area contributed by atoms with Crippen LogP contribution in [0.2, 0.25) is 0 Å². The zero-order chi connectivity index (χ0) is 22.3. The van der Waals surface area contributed by atoms with Gasteiger partial charge < -0.3 is 10.1 Å². The molecule has 1 N–H and O–H groups in total. The van der Waals surface area contributed by atoms with Crippen LogP contribution in [-0.2, 0) is 17.4 Å². The predicted octanol–water partition coefficient (Wildman–Crippen LogP) is 4.87. The van der Waals surface area contributed by atoms with Gasteiger partial charge in [-0.2, -0.15) is 18.4 Å². The van der Waals surface area contributed by atoms with Gasteiger partial charge in [0.15, 0.2) is 6.10 Å². The van der Waals surface area contributed by atoms with Gasteiger partial charge in [0, 0.05) is 6.54 Å². The van der Waals surface area contributed by atoms with Crippen molar-refractivity contribution in [2.24, 2.45) is 5.92 Å². The minimum absolute atomic E-state index is 0.0540. The van der Waals surface area contributed by atoms with E-state index in [2.05, 4.69) is 5.32 Å². The number of amides is 1. The van der Waals surface area contributed by atoms with Gasteiger partial charge in [0.05, 0.1) is 17.2 Å². The lowest BCUT2D eigenvalue weighted by Gasteiger charge is -2.21. The number of hydrogen-bond acceptors (Lipinski definition) is 3. The van der Waals surface area contributed by atoms with Crippen LogP contribution in [-0.4, -0.2) is 18.6 Å². The van der Waals surface area contributed by atoms with Crippen LogP contribution in [0, 0.1) is 23.1 Å². The highest BCUT2D eigenvalue weighted by atomic mass is 19.4. The van der Waals surface area contributed by atoms with E-state index < -0.39 is 29.3 Å². The molecule has 0 heterocycles. The Bertz CT molecular complexity index is 903. The van der Waals surface area contributed by atoms with E-state index in [0.717, 1.165) is 17.7 Å². The summed E-state index contributed by atoms with van der Waals surface area (Å²) in [7, 11) is 0. The summed E-state index contributed by atoms with van der Waals surface area (Å²) in [5.41, 5.74) is -0.790. The largest absolute Gasteiger partial charge is 0.481 e. The number of carbonyl (C=O) groups excluding carboxylic acids is 1. The second-order valence-electron chi connectivity index (χ2n) is 7.22. The zero-order valence-electron chi connectivity index (χ0n) is 16.6. The molecule has 0 aliphatic rings. The molecule has 0 fully saturated rings. The zero-order valence-corrected chi connectivity index (χ0v) is 16.6. The van der Waals surface area contributed by atoms with Crippen molar-refractivity contribution in [3.05, 3.63) is 65.0 Å². The van der Waals surface area contributed by atoms with Gasteiger partial charge in [0.1, 0.15) is 11.6 Å². The van der Waals surface area contributed by atoms with E-state index in [9.17, 15) is 22.4 Å². The van der Waals surface area contributed by atoms with Gasteiger partial charge in [-0.25, -0.2) is 4.39 Å². The van der Waals surface area contributed by atoms with E-state index in [1.54, 1.807) is 12.1 Å². The van der Waals surface area contributed by atoms with Crippen molar-refractivity contribution in [2.45, 2.75) is 39.0 Å². The number of rotatable bonds is 8. The van der Waals surface area contributed by atoms with E-state index in [1.807, 2.05) is 13.8 Å². The lowest BCUT2D eigenvalue weighted by molar-refractivity contribution is -0.137. The van der Waals surface area contributed by atoms with Gasteiger partial charge in [-0.3, -0.25) is 4.79 Å². The van der Waals surface area contributed by atoms with Crippen molar-refractivity contribution in [3.8, 4) is 11.8 Å². The van der Waals surface area contributed by atoms with Gasteiger partial charge in [0.2, 0.25) is 0 Å². The van der Waals surface area contributed by atoms with Crippen LogP contribution < -0.4 is 10.1 Å². The minimum atomic E-state index is -4.71. The van der Waals surface area contributed by atoms with Crippen molar-refractivity contribution >= 4 is 5.91 Å². The van der Waals surface area contributed by atoms with Gasteiger partial charge >= 0.3 is 6.18 Å². The second-order valence-corrected chi connectivity index (χ2v) is 7.22. The number of halogens is 4. The molecule has 0 saturated heterocycles. The molecule has 8 heteroatoms. The molecule has 0 aliphatic heterocycles.